The first-order chi connectivity index (χ1) is 19.2. The van der Waals surface area contributed by atoms with Crippen molar-refractivity contribution >= 4 is 41.4 Å². The number of aliphatic hydroxyl groups excluding tert-OH is 1. The lowest BCUT2D eigenvalue weighted by Gasteiger charge is -2.30. The fourth-order valence-corrected chi connectivity index (χ4v) is 6.64. The zero-order chi connectivity index (χ0) is 30.2. The third-order valence-electron chi connectivity index (χ3n) is 6.21. The average molecular weight is 615 g/mol. The van der Waals surface area contributed by atoms with Crippen LogP contribution in [0.2, 0.25) is 0 Å². The summed E-state index contributed by atoms with van der Waals surface area (Å²) in [5.74, 6) is -2.69. The van der Waals surface area contributed by atoms with Crippen molar-refractivity contribution in [2.24, 2.45) is 0 Å². The molecule has 1 saturated heterocycles. The summed E-state index contributed by atoms with van der Waals surface area (Å²) in [5.41, 5.74) is -2.18. The molecular weight excluding hydrogens is 581 g/mol. The maximum Gasteiger partial charge on any atom is 0.323 e. The molecule has 1 fully saturated rings. The zero-order valence-corrected chi connectivity index (χ0v) is 25.1. The number of nitrogens with zero attached hydrogens (tertiary/aromatic N) is 4. The molecule has 2 aromatic heterocycles. The number of aryl methyl sites for hydroxylation is 1. The molecule has 3 heterocycles. The van der Waals surface area contributed by atoms with Gasteiger partial charge < -0.3 is 28.9 Å². The van der Waals surface area contributed by atoms with Crippen LogP contribution in [0, 0.1) is 6.92 Å². The van der Waals surface area contributed by atoms with Gasteiger partial charge in [-0.05, 0) is 58.6 Å². The number of ether oxygens (including phenoxy) is 2. The number of hydrogen-bond donors (Lipinski definition) is 3. The van der Waals surface area contributed by atoms with E-state index >= 15 is 8.78 Å². The molecule has 1 unspecified atom stereocenters. The molecule has 1 aliphatic rings. The molecule has 1 aliphatic heterocycles. The van der Waals surface area contributed by atoms with Crippen molar-refractivity contribution in [3.8, 4) is 5.75 Å². The second-order valence-corrected chi connectivity index (χ2v) is 13.2. The fraction of sp³-hybridized carbons (Fsp3) is 0.520. The minimum absolute atomic E-state index is 0.171. The van der Waals surface area contributed by atoms with Gasteiger partial charge in [-0.1, -0.05) is 18.2 Å². The zero-order valence-electron chi connectivity index (χ0n) is 23.4. The summed E-state index contributed by atoms with van der Waals surface area (Å²) < 4.78 is 55.8. The highest BCUT2D eigenvalue weighted by atomic mass is 32.5. The van der Waals surface area contributed by atoms with Gasteiger partial charge in [0.1, 0.15) is 24.2 Å². The molecule has 6 atom stereocenters. The summed E-state index contributed by atoms with van der Waals surface area (Å²) in [6.45, 7) is 2.74. The number of aliphatic hydroxyl groups is 1. The van der Waals surface area contributed by atoms with Crippen molar-refractivity contribution < 1.29 is 37.2 Å². The van der Waals surface area contributed by atoms with E-state index in [0.29, 0.717) is 17.2 Å². The standard InChI is InChI=1S/C25H33F2N6O6PS/c1-14(2)37-21(34)15(3)32-40(41,39-17-10-8-7-9-11-17)36-12-25(27)22(35)24(5,26)23(38-25)33-13-29-18-19(28-6)30-16(4)31-20(18)33/h7-11,13-15,22-23,35H,12H2,1-6H3,(H,32,41)(H,28,30,31)/t15-,22+,23-,24-,25-,40?/m1/s1. The van der Waals surface area contributed by atoms with Crippen molar-refractivity contribution in [2.75, 3.05) is 19.0 Å². The molecular formula is C25H33F2N6O6PS. The van der Waals surface area contributed by atoms with Crippen LogP contribution in [0.3, 0.4) is 0 Å². The molecule has 16 heteroatoms. The Morgan fingerprint density at radius 1 is 1.27 bits per heavy atom. The minimum Gasteiger partial charge on any atom is -0.462 e. The van der Waals surface area contributed by atoms with E-state index in [1.165, 1.54) is 17.8 Å². The predicted molar refractivity (Wildman–Crippen MR) is 150 cm³/mol. The Morgan fingerprint density at radius 2 is 1.95 bits per heavy atom. The van der Waals surface area contributed by atoms with Gasteiger partial charge in [-0.25, -0.2) is 28.8 Å². The van der Waals surface area contributed by atoms with Crippen LogP contribution < -0.4 is 14.9 Å². The Hall–Kier alpha value is -2.81. The Balaban J connectivity index is 1.61. The summed E-state index contributed by atoms with van der Waals surface area (Å²) in [7, 11) is 1.64. The molecule has 3 aromatic rings. The lowest BCUT2D eigenvalue weighted by atomic mass is 9.97. The Morgan fingerprint density at radius 3 is 2.59 bits per heavy atom. The summed E-state index contributed by atoms with van der Waals surface area (Å²) in [6.07, 6.45) is -3.16. The third kappa shape index (κ3) is 6.50. The topological polar surface area (TPSA) is 142 Å². The van der Waals surface area contributed by atoms with Gasteiger partial charge >= 0.3 is 12.6 Å². The first-order valence-corrected chi connectivity index (χ1v) is 15.4. The first kappa shape index (κ1) is 31.1. The number of imidazole rings is 1. The summed E-state index contributed by atoms with van der Waals surface area (Å²) in [4.78, 5) is 25.2. The van der Waals surface area contributed by atoms with Gasteiger partial charge in [0, 0.05) is 7.05 Å². The van der Waals surface area contributed by atoms with Crippen molar-refractivity contribution in [3.05, 3.63) is 42.5 Å². The number of rotatable bonds is 11. The number of carbonyl (C=O) groups is 1. The maximum absolute atomic E-state index is 16.3. The van der Waals surface area contributed by atoms with Crippen LogP contribution in [0.1, 0.15) is 39.7 Å². The molecule has 0 amide bonds. The van der Waals surface area contributed by atoms with E-state index < -0.39 is 55.2 Å². The maximum atomic E-state index is 16.3. The minimum atomic E-state index is -3.71. The number of alkyl halides is 2. The molecule has 0 spiro atoms. The van der Waals surface area contributed by atoms with Gasteiger partial charge in [0.05, 0.1) is 12.4 Å². The lowest BCUT2D eigenvalue weighted by Crippen LogP contribution is -2.47. The number of halogens is 2. The van der Waals surface area contributed by atoms with E-state index in [2.05, 4.69) is 25.4 Å². The van der Waals surface area contributed by atoms with Crippen LogP contribution in [0.25, 0.3) is 11.2 Å². The van der Waals surface area contributed by atoms with Gasteiger partial charge in [0.25, 0.3) is 5.85 Å². The first-order valence-electron chi connectivity index (χ1n) is 12.8. The quantitative estimate of drug-likeness (QED) is 0.214. The van der Waals surface area contributed by atoms with Crippen molar-refractivity contribution in [1.29, 1.82) is 0 Å². The van der Waals surface area contributed by atoms with Crippen molar-refractivity contribution in [1.82, 2.24) is 24.6 Å². The summed E-state index contributed by atoms with van der Waals surface area (Å²) in [5, 5.41) is 16.5. The van der Waals surface area contributed by atoms with E-state index in [-0.39, 0.29) is 11.4 Å². The summed E-state index contributed by atoms with van der Waals surface area (Å²) in [6, 6.07) is 7.31. The van der Waals surface area contributed by atoms with E-state index in [9.17, 15) is 9.90 Å². The van der Waals surface area contributed by atoms with Crippen LogP contribution >= 0.6 is 6.64 Å². The van der Waals surface area contributed by atoms with Crippen LogP contribution in [-0.2, 0) is 30.6 Å². The largest absolute Gasteiger partial charge is 0.462 e. The van der Waals surface area contributed by atoms with Gasteiger partial charge in [-0.15, -0.1) is 0 Å². The van der Waals surface area contributed by atoms with Crippen LogP contribution in [-0.4, -0.2) is 74.0 Å². The Kier molecular flexibility index (Phi) is 8.98. The summed E-state index contributed by atoms with van der Waals surface area (Å²) >= 11 is 5.60. The van der Waals surface area contributed by atoms with E-state index in [0.717, 1.165) is 6.92 Å². The molecule has 0 radical (unpaired) electrons. The SMILES string of the molecule is CNc1nc(C)nc2c1ncn2[C@@H]1O[C@](F)(COP(=S)(N[C@H](C)C(=O)OC(C)C)Oc2ccccc2)[C@@H](O)[C@@]1(C)F. The second-order valence-electron chi connectivity index (χ2n) is 10.0. The molecule has 0 saturated carbocycles. The number of carbonyl (C=O) groups excluding carboxylic acids is 1. The van der Waals surface area contributed by atoms with Gasteiger partial charge in [0.15, 0.2) is 35.0 Å². The van der Waals surface area contributed by atoms with Crippen molar-refractivity contribution in [2.45, 2.75) is 70.6 Å². The number of esters is 1. The highest BCUT2D eigenvalue weighted by molar-refractivity contribution is 8.09. The predicted octanol–water partition coefficient (Wildman–Crippen LogP) is 3.71. The molecule has 12 nitrogen and oxygen atoms in total. The number of fused-ring (bicyclic) bond motifs is 1. The smallest absolute Gasteiger partial charge is 0.323 e. The van der Waals surface area contributed by atoms with Crippen LogP contribution in [0.4, 0.5) is 14.6 Å². The number of hydrogen-bond acceptors (Lipinski definition) is 11. The molecule has 0 aliphatic carbocycles. The number of aromatic nitrogens is 4. The van der Waals surface area contributed by atoms with E-state index in [4.69, 9.17) is 30.3 Å². The number of benzene rings is 1. The van der Waals surface area contributed by atoms with E-state index in [1.807, 2.05) is 0 Å². The van der Waals surface area contributed by atoms with Crippen LogP contribution in [0.15, 0.2) is 36.7 Å². The normalized spacial score (nSPS) is 26.6. The molecule has 1 aromatic carbocycles. The highest BCUT2D eigenvalue weighted by Gasteiger charge is 2.65. The lowest BCUT2D eigenvalue weighted by molar-refractivity contribution is -0.202. The number of para-hydroxylation sites is 1. The number of nitrogens with one attached hydrogen (secondary N) is 2. The Labute approximate surface area is 241 Å². The number of anilines is 1. The molecule has 224 valence electrons. The molecule has 3 N–H and O–H groups in total. The second kappa shape index (κ2) is 11.8. The monoisotopic (exact) mass is 614 g/mol. The molecule has 4 rings (SSSR count). The van der Waals surface area contributed by atoms with Gasteiger partial charge in [-0.3, -0.25) is 9.36 Å². The van der Waals surface area contributed by atoms with Crippen LogP contribution in [0.5, 0.6) is 5.75 Å². The molecule has 0 bridgehead atoms. The van der Waals surface area contributed by atoms with Gasteiger partial charge in [-0.2, -0.15) is 0 Å². The van der Waals surface area contributed by atoms with Crippen molar-refractivity contribution in [3.63, 3.8) is 0 Å². The highest BCUT2D eigenvalue weighted by Crippen LogP contribution is 2.52. The average Bonchev–Trinajstić information content (AvgIpc) is 3.39. The molecule has 41 heavy (non-hydrogen) atoms. The Bertz CT molecular complexity index is 1450. The van der Waals surface area contributed by atoms with Gasteiger partial charge in [0.2, 0.25) is 0 Å². The fourth-order valence-electron chi connectivity index (χ4n) is 4.24. The van der Waals surface area contributed by atoms with E-state index in [1.54, 1.807) is 58.2 Å². The third-order valence-corrected chi connectivity index (χ3v) is 8.69.